The van der Waals surface area contributed by atoms with E-state index in [4.69, 9.17) is 9.15 Å². The molecule has 42 heavy (non-hydrogen) atoms. The van der Waals surface area contributed by atoms with E-state index >= 15 is 0 Å². The quantitative estimate of drug-likeness (QED) is 0.278. The Balaban J connectivity index is 1.48. The summed E-state index contributed by atoms with van der Waals surface area (Å²) in [6.45, 7) is 11.2. The molecule has 5 rings (SSSR count). The van der Waals surface area contributed by atoms with E-state index in [0.29, 0.717) is 41.1 Å². The highest BCUT2D eigenvalue weighted by Crippen LogP contribution is 2.32. The zero-order chi connectivity index (χ0) is 30.2. The molecule has 0 radical (unpaired) electrons. The van der Waals surface area contributed by atoms with Crippen LogP contribution in [0.4, 0.5) is 11.4 Å². The maximum absolute atomic E-state index is 13.3. The van der Waals surface area contributed by atoms with Gasteiger partial charge < -0.3 is 24.3 Å². The number of amides is 1. The first-order valence-corrected chi connectivity index (χ1v) is 14.2. The second-order valence-corrected chi connectivity index (χ2v) is 11.9. The Kier molecular flexibility index (Phi) is 7.82. The smallest absolute Gasteiger partial charge is 0.340 e. The van der Waals surface area contributed by atoms with E-state index in [2.05, 4.69) is 5.32 Å². The number of para-hydroxylation sites is 1. The maximum Gasteiger partial charge on any atom is 0.340 e. The van der Waals surface area contributed by atoms with Gasteiger partial charge in [-0.05, 0) is 82.6 Å². The van der Waals surface area contributed by atoms with Crippen molar-refractivity contribution in [3.63, 3.8) is 0 Å². The number of nitrogens with one attached hydrogen (secondary N) is 1. The van der Waals surface area contributed by atoms with Crippen LogP contribution in [0.5, 0.6) is 0 Å². The van der Waals surface area contributed by atoms with Gasteiger partial charge in [0, 0.05) is 48.7 Å². The lowest BCUT2D eigenvalue weighted by atomic mass is 10.00. The Morgan fingerprint density at radius 2 is 1.71 bits per heavy atom. The Labute approximate surface area is 245 Å². The summed E-state index contributed by atoms with van der Waals surface area (Å²) in [5, 5.41) is 3.94. The molecule has 0 aliphatic carbocycles. The molecule has 4 aromatic rings. The van der Waals surface area contributed by atoms with Gasteiger partial charge in [-0.15, -0.1) is 0 Å². The van der Waals surface area contributed by atoms with Crippen LogP contribution in [0, 0.1) is 6.92 Å². The number of carbonyl (C=O) groups is 2. The average Bonchev–Trinajstić information content (AvgIpc) is 2.94. The van der Waals surface area contributed by atoms with Gasteiger partial charge in [0.25, 0.3) is 0 Å². The van der Waals surface area contributed by atoms with Gasteiger partial charge in [0.05, 0.1) is 23.5 Å². The molecule has 2 heterocycles. The summed E-state index contributed by atoms with van der Waals surface area (Å²) in [5.74, 6) is 0.134. The van der Waals surface area contributed by atoms with Crippen molar-refractivity contribution in [1.82, 2.24) is 4.90 Å². The summed E-state index contributed by atoms with van der Waals surface area (Å²) in [7, 11) is 1.82. The van der Waals surface area contributed by atoms with Crippen LogP contribution < -0.4 is 15.6 Å². The summed E-state index contributed by atoms with van der Waals surface area (Å²) in [4.78, 5) is 42.2. The number of carbonyl (C=O) groups excluding carboxylic acids is 2. The number of hydrogen-bond donors (Lipinski definition) is 1. The molecule has 1 aliphatic rings. The summed E-state index contributed by atoms with van der Waals surface area (Å²) < 4.78 is 12.0. The number of aryl methyl sites for hydroxylation is 1. The number of benzene rings is 3. The van der Waals surface area contributed by atoms with E-state index in [1.54, 1.807) is 17.0 Å². The number of nitrogens with zero attached hydrogens (tertiary/aromatic N) is 2. The van der Waals surface area contributed by atoms with Gasteiger partial charge >= 0.3 is 5.97 Å². The molecule has 218 valence electrons. The van der Waals surface area contributed by atoms with Crippen LogP contribution in [0.15, 0.2) is 75.9 Å². The molecule has 8 heteroatoms. The summed E-state index contributed by atoms with van der Waals surface area (Å²) >= 11 is 0. The fourth-order valence-corrected chi connectivity index (χ4v) is 5.14. The van der Waals surface area contributed by atoms with Crippen molar-refractivity contribution in [3.05, 3.63) is 93.6 Å². The van der Waals surface area contributed by atoms with Crippen LogP contribution in [-0.2, 0) is 9.53 Å². The van der Waals surface area contributed by atoms with Crippen molar-refractivity contribution in [2.75, 3.05) is 36.9 Å². The molecule has 1 atom stereocenters. The van der Waals surface area contributed by atoms with E-state index in [1.165, 1.54) is 6.07 Å². The third-order valence-corrected chi connectivity index (χ3v) is 7.36. The predicted octanol–water partition coefficient (Wildman–Crippen LogP) is 6.18. The predicted molar refractivity (Wildman–Crippen MR) is 166 cm³/mol. The highest BCUT2D eigenvalue weighted by Gasteiger charge is 2.23. The number of esters is 1. The van der Waals surface area contributed by atoms with E-state index in [0.717, 1.165) is 28.9 Å². The van der Waals surface area contributed by atoms with Gasteiger partial charge in [-0.25, -0.2) is 4.79 Å². The standard InChI is InChI=1S/C34H37N3O5/c1-21-17-26(22(2)35-28-10-8-7-9-25(28)33(40)42-34(3,4)5)32-27(18-21)29(38)19-30(41-32)23-11-13-24(14-12-23)37-16-15-36(6)31(39)20-37/h7-14,17-19,22,35H,15-16,20H2,1-6H3/t22-/m1/s1. The highest BCUT2D eigenvalue weighted by molar-refractivity contribution is 5.96. The Morgan fingerprint density at radius 1 is 1.00 bits per heavy atom. The molecular weight excluding hydrogens is 530 g/mol. The van der Waals surface area contributed by atoms with Crippen LogP contribution in [0.2, 0.25) is 0 Å². The minimum Gasteiger partial charge on any atom is -0.456 e. The molecule has 3 aromatic carbocycles. The highest BCUT2D eigenvalue weighted by atomic mass is 16.6. The lowest BCUT2D eigenvalue weighted by molar-refractivity contribution is -0.129. The Hall–Kier alpha value is -4.59. The van der Waals surface area contributed by atoms with E-state index in [1.807, 2.05) is 95.1 Å². The van der Waals surface area contributed by atoms with Crippen molar-refractivity contribution < 1.29 is 18.7 Å². The second kappa shape index (κ2) is 11.4. The molecule has 1 N–H and O–H groups in total. The van der Waals surface area contributed by atoms with Crippen LogP contribution in [0.3, 0.4) is 0 Å². The number of likely N-dealkylation sites (N-methyl/N-ethyl adjacent to an activating group) is 1. The fraction of sp³-hybridized carbons (Fsp3) is 0.324. The first kappa shape index (κ1) is 28.9. The van der Waals surface area contributed by atoms with E-state index < -0.39 is 11.6 Å². The SMILES string of the molecule is Cc1cc([C@@H](C)Nc2ccccc2C(=O)OC(C)(C)C)c2oc(-c3ccc(N4CCN(C)C(=O)C4)cc3)cc(=O)c2c1. The number of fused-ring (bicyclic) bond motifs is 1. The normalized spacial score (nSPS) is 14.7. The fourth-order valence-electron chi connectivity index (χ4n) is 5.14. The van der Waals surface area contributed by atoms with Crippen molar-refractivity contribution >= 4 is 34.2 Å². The molecule has 0 spiro atoms. The molecule has 0 saturated carbocycles. The van der Waals surface area contributed by atoms with Crippen LogP contribution >= 0.6 is 0 Å². The Bertz CT molecular complexity index is 1700. The third-order valence-electron chi connectivity index (χ3n) is 7.36. The summed E-state index contributed by atoms with van der Waals surface area (Å²) in [6, 6.07) is 20.0. The first-order chi connectivity index (χ1) is 19.9. The average molecular weight is 568 g/mol. The molecule has 8 nitrogen and oxygen atoms in total. The molecule has 0 unspecified atom stereocenters. The van der Waals surface area contributed by atoms with E-state index in [9.17, 15) is 14.4 Å². The van der Waals surface area contributed by atoms with Gasteiger partial charge in [-0.2, -0.15) is 0 Å². The number of piperazine rings is 1. The second-order valence-electron chi connectivity index (χ2n) is 11.9. The summed E-state index contributed by atoms with van der Waals surface area (Å²) in [5.41, 5.74) is 4.24. The molecular formula is C34H37N3O5. The van der Waals surface area contributed by atoms with Crippen molar-refractivity contribution in [3.8, 4) is 11.3 Å². The van der Waals surface area contributed by atoms with Gasteiger partial charge in [0.2, 0.25) is 5.91 Å². The summed E-state index contributed by atoms with van der Waals surface area (Å²) in [6.07, 6.45) is 0. The molecule has 1 saturated heterocycles. The first-order valence-electron chi connectivity index (χ1n) is 14.2. The maximum atomic E-state index is 13.3. The van der Waals surface area contributed by atoms with E-state index in [-0.39, 0.29) is 17.4 Å². The zero-order valence-corrected chi connectivity index (χ0v) is 25.0. The lowest BCUT2D eigenvalue weighted by Crippen LogP contribution is -2.48. The van der Waals surface area contributed by atoms with Crippen LogP contribution in [-0.4, -0.2) is 49.1 Å². The van der Waals surface area contributed by atoms with Gasteiger partial charge in [-0.1, -0.05) is 18.2 Å². The number of hydrogen-bond acceptors (Lipinski definition) is 7. The zero-order valence-electron chi connectivity index (χ0n) is 25.0. The molecule has 1 aromatic heterocycles. The van der Waals surface area contributed by atoms with Crippen molar-refractivity contribution in [2.45, 2.75) is 46.3 Å². The molecule has 1 aliphatic heterocycles. The van der Waals surface area contributed by atoms with Crippen LogP contribution in [0.1, 0.15) is 55.2 Å². The van der Waals surface area contributed by atoms with Gasteiger partial charge in [0.1, 0.15) is 16.9 Å². The monoisotopic (exact) mass is 567 g/mol. The number of ether oxygens (including phenoxy) is 1. The molecule has 0 bridgehead atoms. The number of anilines is 2. The topological polar surface area (TPSA) is 92.1 Å². The minimum absolute atomic E-state index is 0.0881. The molecule has 1 amide bonds. The van der Waals surface area contributed by atoms with Crippen LogP contribution in [0.25, 0.3) is 22.3 Å². The Morgan fingerprint density at radius 3 is 2.40 bits per heavy atom. The number of rotatable bonds is 6. The van der Waals surface area contributed by atoms with Crippen molar-refractivity contribution in [2.24, 2.45) is 0 Å². The molecule has 1 fully saturated rings. The van der Waals surface area contributed by atoms with Crippen molar-refractivity contribution in [1.29, 1.82) is 0 Å². The third kappa shape index (κ3) is 6.17. The largest absolute Gasteiger partial charge is 0.456 e. The minimum atomic E-state index is -0.623. The van der Waals surface area contributed by atoms with Gasteiger partial charge in [0.15, 0.2) is 5.43 Å². The van der Waals surface area contributed by atoms with Gasteiger partial charge in [-0.3, -0.25) is 9.59 Å². The lowest BCUT2D eigenvalue weighted by Gasteiger charge is -2.33.